The van der Waals surface area contributed by atoms with E-state index in [-0.39, 0.29) is 11.6 Å². The van der Waals surface area contributed by atoms with E-state index in [2.05, 4.69) is 26.3 Å². The molecule has 0 spiro atoms. The SMILES string of the molecule is CN(CCc1ccncc1)C(=O)c1cnc(Nc2cccc(C#N)c2)cn1. The second kappa shape index (κ2) is 8.54. The minimum Gasteiger partial charge on any atom is -0.340 e. The summed E-state index contributed by atoms with van der Waals surface area (Å²) in [5.41, 5.74) is 2.69. The van der Waals surface area contributed by atoms with Crippen LogP contribution in [0.25, 0.3) is 0 Å². The Morgan fingerprint density at radius 2 is 2.00 bits per heavy atom. The van der Waals surface area contributed by atoms with Crippen LogP contribution < -0.4 is 5.32 Å². The largest absolute Gasteiger partial charge is 0.340 e. The highest BCUT2D eigenvalue weighted by Crippen LogP contribution is 2.15. The van der Waals surface area contributed by atoms with Crippen LogP contribution in [-0.4, -0.2) is 39.4 Å². The molecule has 2 aromatic heterocycles. The molecule has 0 radical (unpaired) electrons. The maximum atomic E-state index is 12.5. The van der Waals surface area contributed by atoms with Crippen molar-refractivity contribution in [3.8, 4) is 6.07 Å². The molecule has 0 saturated carbocycles. The Morgan fingerprint density at radius 1 is 1.19 bits per heavy atom. The van der Waals surface area contributed by atoms with Crippen LogP contribution in [0.2, 0.25) is 0 Å². The number of carbonyl (C=O) groups is 1. The van der Waals surface area contributed by atoms with Crippen molar-refractivity contribution in [2.45, 2.75) is 6.42 Å². The summed E-state index contributed by atoms with van der Waals surface area (Å²) in [7, 11) is 1.74. The normalized spacial score (nSPS) is 10.1. The van der Waals surface area contributed by atoms with Crippen LogP contribution in [0.15, 0.2) is 61.2 Å². The van der Waals surface area contributed by atoms with Crippen molar-refractivity contribution >= 4 is 17.4 Å². The van der Waals surface area contributed by atoms with E-state index in [1.807, 2.05) is 18.2 Å². The topological polar surface area (TPSA) is 94.8 Å². The van der Waals surface area contributed by atoms with Gasteiger partial charge in [-0.2, -0.15) is 5.26 Å². The molecule has 1 N–H and O–H groups in total. The number of carbonyl (C=O) groups excluding carboxylic acids is 1. The first kappa shape index (κ1) is 18.0. The Morgan fingerprint density at radius 3 is 2.70 bits per heavy atom. The highest BCUT2D eigenvalue weighted by Gasteiger charge is 2.13. The van der Waals surface area contributed by atoms with Gasteiger partial charge >= 0.3 is 0 Å². The lowest BCUT2D eigenvalue weighted by atomic mass is 10.2. The highest BCUT2D eigenvalue weighted by molar-refractivity contribution is 5.91. The fourth-order valence-electron chi connectivity index (χ4n) is 2.46. The number of nitriles is 1. The zero-order valence-electron chi connectivity index (χ0n) is 14.8. The third-order valence-corrected chi connectivity index (χ3v) is 3.97. The first-order valence-electron chi connectivity index (χ1n) is 8.39. The summed E-state index contributed by atoms with van der Waals surface area (Å²) in [6, 6.07) is 13.0. The summed E-state index contributed by atoms with van der Waals surface area (Å²) in [6.07, 6.45) is 7.17. The lowest BCUT2D eigenvalue weighted by Gasteiger charge is -2.16. The molecule has 0 aliphatic rings. The Balaban J connectivity index is 1.60. The summed E-state index contributed by atoms with van der Waals surface area (Å²) in [5.74, 6) is 0.315. The van der Waals surface area contributed by atoms with Crippen LogP contribution in [0.3, 0.4) is 0 Å². The molecule has 7 nitrogen and oxygen atoms in total. The average Bonchev–Trinajstić information content (AvgIpc) is 2.73. The van der Waals surface area contributed by atoms with Gasteiger partial charge in [-0.25, -0.2) is 9.97 Å². The van der Waals surface area contributed by atoms with E-state index >= 15 is 0 Å². The van der Waals surface area contributed by atoms with Gasteiger partial charge in [0.1, 0.15) is 11.5 Å². The fourth-order valence-corrected chi connectivity index (χ4v) is 2.46. The van der Waals surface area contributed by atoms with E-state index in [0.29, 0.717) is 17.9 Å². The molecule has 7 heteroatoms. The number of rotatable bonds is 6. The molecule has 134 valence electrons. The van der Waals surface area contributed by atoms with E-state index in [4.69, 9.17) is 5.26 Å². The van der Waals surface area contributed by atoms with E-state index in [1.165, 1.54) is 12.4 Å². The van der Waals surface area contributed by atoms with Gasteiger partial charge in [0.05, 0.1) is 24.0 Å². The number of hydrogen-bond donors (Lipinski definition) is 1. The number of hydrogen-bond acceptors (Lipinski definition) is 6. The first-order chi connectivity index (χ1) is 13.2. The summed E-state index contributed by atoms with van der Waals surface area (Å²) < 4.78 is 0. The molecule has 0 saturated heterocycles. The van der Waals surface area contributed by atoms with Crippen LogP contribution >= 0.6 is 0 Å². The van der Waals surface area contributed by atoms with Gasteiger partial charge in [-0.1, -0.05) is 6.07 Å². The number of nitrogens with one attached hydrogen (secondary N) is 1. The monoisotopic (exact) mass is 358 g/mol. The number of aromatic nitrogens is 3. The van der Waals surface area contributed by atoms with Crippen LogP contribution in [0, 0.1) is 11.3 Å². The molecule has 3 aromatic rings. The van der Waals surface area contributed by atoms with E-state index in [9.17, 15) is 4.79 Å². The fraction of sp³-hybridized carbons (Fsp3) is 0.150. The Kier molecular flexibility index (Phi) is 5.70. The number of anilines is 2. The van der Waals surface area contributed by atoms with Gasteiger partial charge in [0.2, 0.25) is 0 Å². The second-order valence-corrected chi connectivity index (χ2v) is 5.94. The average molecular weight is 358 g/mol. The highest BCUT2D eigenvalue weighted by atomic mass is 16.2. The van der Waals surface area contributed by atoms with E-state index in [0.717, 1.165) is 17.7 Å². The molecule has 0 fully saturated rings. The number of pyridine rings is 1. The lowest BCUT2D eigenvalue weighted by molar-refractivity contribution is 0.0790. The van der Waals surface area contributed by atoms with Crippen molar-refractivity contribution in [2.24, 2.45) is 0 Å². The summed E-state index contributed by atoms with van der Waals surface area (Å²) >= 11 is 0. The van der Waals surface area contributed by atoms with E-state index < -0.39 is 0 Å². The van der Waals surface area contributed by atoms with Crippen molar-refractivity contribution in [1.82, 2.24) is 19.9 Å². The van der Waals surface area contributed by atoms with Crippen molar-refractivity contribution in [3.63, 3.8) is 0 Å². The maximum Gasteiger partial charge on any atom is 0.273 e. The molecule has 27 heavy (non-hydrogen) atoms. The molecular formula is C20H18N6O. The van der Waals surface area contributed by atoms with Gasteiger partial charge in [0, 0.05) is 31.7 Å². The summed E-state index contributed by atoms with van der Waals surface area (Å²) in [5, 5.41) is 12.0. The van der Waals surface area contributed by atoms with Crippen molar-refractivity contribution in [3.05, 3.63) is 78.0 Å². The van der Waals surface area contributed by atoms with Crippen LogP contribution in [0.1, 0.15) is 21.6 Å². The molecular weight excluding hydrogens is 340 g/mol. The molecule has 2 heterocycles. The third kappa shape index (κ3) is 4.86. The van der Waals surface area contributed by atoms with Crippen LogP contribution in [0.4, 0.5) is 11.5 Å². The molecule has 0 atom stereocenters. The maximum absolute atomic E-state index is 12.5. The van der Waals surface area contributed by atoms with Gasteiger partial charge in [-0.15, -0.1) is 0 Å². The number of benzene rings is 1. The van der Waals surface area contributed by atoms with Gasteiger partial charge in [0.15, 0.2) is 0 Å². The molecule has 0 aliphatic heterocycles. The predicted octanol–water partition coefficient (Wildman–Crippen LogP) is 2.80. The van der Waals surface area contributed by atoms with E-state index in [1.54, 1.807) is 42.5 Å². The van der Waals surface area contributed by atoms with Gasteiger partial charge < -0.3 is 10.2 Å². The minimum absolute atomic E-state index is 0.186. The lowest BCUT2D eigenvalue weighted by Crippen LogP contribution is -2.29. The van der Waals surface area contributed by atoms with Crippen LogP contribution in [-0.2, 0) is 6.42 Å². The van der Waals surface area contributed by atoms with Crippen molar-refractivity contribution in [1.29, 1.82) is 5.26 Å². The zero-order valence-corrected chi connectivity index (χ0v) is 14.8. The van der Waals surface area contributed by atoms with Crippen molar-refractivity contribution < 1.29 is 4.79 Å². The molecule has 0 aliphatic carbocycles. The van der Waals surface area contributed by atoms with Gasteiger partial charge in [0.25, 0.3) is 5.91 Å². The Labute approximate surface area is 157 Å². The smallest absolute Gasteiger partial charge is 0.273 e. The number of likely N-dealkylation sites (N-methyl/N-ethyl adjacent to an activating group) is 1. The summed E-state index contributed by atoms with van der Waals surface area (Å²) in [6.45, 7) is 0.575. The number of nitrogens with zero attached hydrogens (tertiary/aromatic N) is 5. The predicted molar refractivity (Wildman–Crippen MR) is 101 cm³/mol. The Bertz CT molecular complexity index is 950. The molecule has 1 aromatic carbocycles. The Hall–Kier alpha value is -3.79. The van der Waals surface area contributed by atoms with Gasteiger partial charge in [-0.05, 0) is 42.3 Å². The van der Waals surface area contributed by atoms with Crippen LogP contribution in [0.5, 0.6) is 0 Å². The quantitative estimate of drug-likeness (QED) is 0.728. The second-order valence-electron chi connectivity index (χ2n) is 5.94. The third-order valence-electron chi connectivity index (χ3n) is 3.97. The summed E-state index contributed by atoms with van der Waals surface area (Å²) in [4.78, 5) is 26.5. The number of amides is 1. The minimum atomic E-state index is -0.186. The molecule has 0 unspecified atom stereocenters. The molecule has 1 amide bonds. The first-order valence-corrected chi connectivity index (χ1v) is 8.39. The molecule has 0 bridgehead atoms. The van der Waals surface area contributed by atoms with Crippen molar-refractivity contribution in [2.75, 3.05) is 18.9 Å². The van der Waals surface area contributed by atoms with Gasteiger partial charge in [-0.3, -0.25) is 9.78 Å². The molecule has 3 rings (SSSR count). The standard InChI is InChI=1S/C20H18N6O/c1-26(10-7-15-5-8-22-9-6-15)20(27)18-13-24-19(14-23-18)25-17-4-2-3-16(11-17)12-21/h2-6,8-9,11,13-14H,7,10H2,1H3,(H,24,25). The zero-order chi connectivity index (χ0) is 19.1.